The largest absolute Gasteiger partial charge is 0.381 e. The molecule has 0 aliphatic carbocycles. The van der Waals surface area contributed by atoms with Crippen LogP contribution in [0.5, 0.6) is 0 Å². The Balaban J connectivity index is 3.05. The second-order valence-corrected chi connectivity index (χ2v) is 17.8. The quantitative estimate of drug-likeness (QED) is 0.0624. The molecular formula is C52H107NO2. The number of hydrogen-bond donors (Lipinski definition) is 1. The highest BCUT2D eigenvalue weighted by Crippen LogP contribution is 2.15. The minimum Gasteiger partial charge on any atom is -0.381 e. The Morgan fingerprint density at radius 2 is 0.364 bits per heavy atom. The smallest absolute Gasteiger partial charge is 0.0466 e. The van der Waals surface area contributed by atoms with E-state index in [0.29, 0.717) is 0 Å². The van der Waals surface area contributed by atoms with E-state index in [1.54, 1.807) is 0 Å². The van der Waals surface area contributed by atoms with Crippen LogP contribution in [0.4, 0.5) is 0 Å². The van der Waals surface area contributed by atoms with E-state index in [1.165, 1.54) is 296 Å². The SMILES string of the molecule is CCCCCCCCCCCCCOCCCCCCCCCCCCCNCCCCCCCCCCCCCOCCCCCCCCCCCCC. The Bertz CT molecular complexity index is 575. The van der Waals surface area contributed by atoms with E-state index in [4.69, 9.17) is 9.47 Å². The first-order valence-electron chi connectivity index (χ1n) is 26.3. The van der Waals surface area contributed by atoms with Crippen LogP contribution in [0.25, 0.3) is 0 Å². The summed E-state index contributed by atoms with van der Waals surface area (Å²) in [5.74, 6) is 0. The lowest BCUT2D eigenvalue weighted by molar-refractivity contribution is 0.125. The van der Waals surface area contributed by atoms with Crippen molar-refractivity contribution in [2.75, 3.05) is 39.5 Å². The summed E-state index contributed by atoms with van der Waals surface area (Å²) in [6.07, 6.45) is 62.0. The zero-order valence-corrected chi connectivity index (χ0v) is 38.7. The topological polar surface area (TPSA) is 30.5 Å². The average Bonchev–Trinajstić information content (AvgIpc) is 3.20. The first-order valence-corrected chi connectivity index (χ1v) is 26.3. The van der Waals surface area contributed by atoms with E-state index in [1.807, 2.05) is 0 Å². The highest BCUT2D eigenvalue weighted by Gasteiger charge is 1.99. The molecule has 0 aromatic rings. The van der Waals surface area contributed by atoms with Crippen LogP contribution in [-0.2, 0) is 9.47 Å². The average molecular weight is 778 g/mol. The van der Waals surface area contributed by atoms with Crippen molar-refractivity contribution in [3.63, 3.8) is 0 Å². The molecule has 0 saturated carbocycles. The third-order valence-corrected chi connectivity index (χ3v) is 12.1. The van der Waals surface area contributed by atoms with Crippen molar-refractivity contribution in [3.8, 4) is 0 Å². The second kappa shape index (κ2) is 53.9. The molecule has 0 rings (SSSR count). The first-order chi connectivity index (χ1) is 27.4. The molecule has 0 saturated heterocycles. The standard InChI is InChI=1S/C52H107NO2/c1-3-5-7-9-11-13-19-25-31-37-43-49-54-51-45-39-33-27-21-15-17-23-29-35-41-47-53-48-42-36-30-24-18-16-22-28-34-40-46-52-55-50-44-38-32-26-20-14-12-10-8-6-4-2/h53H,3-52H2,1-2H3. The Labute approximate surface area is 349 Å². The van der Waals surface area contributed by atoms with Gasteiger partial charge >= 0.3 is 0 Å². The summed E-state index contributed by atoms with van der Waals surface area (Å²) < 4.78 is 11.8. The molecule has 3 heteroatoms. The van der Waals surface area contributed by atoms with E-state index >= 15 is 0 Å². The van der Waals surface area contributed by atoms with Crippen molar-refractivity contribution >= 4 is 0 Å². The van der Waals surface area contributed by atoms with Crippen molar-refractivity contribution in [1.82, 2.24) is 5.32 Å². The predicted octanol–water partition coefficient (Wildman–Crippen LogP) is 17.8. The lowest BCUT2D eigenvalue weighted by atomic mass is 10.1. The number of unbranched alkanes of at least 4 members (excludes halogenated alkanes) is 40. The summed E-state index contributed by atoms with van der Waals surface area (Å²) in [5, 5.41) is 3.70. The van der Waals surface area contributed by atoms with Crippen LogP contribution in [-0.4, -0.2) is 39.5 Å². The molecular weight excluding hydrogens is 671 g/mol. The highest BCUT2D eigenvalue weighted by molar-refractivity contribution is 4.55. The van der Waals surface area contributed by atoms with Crippen molar-refractivity contribution in [3.05, 3.63) is 0 Å². The molecule has 0 amide bonds. The predicted molar refractivity (Wildman–Crippen MR) is 249 cm³/mol. The molecule has 0 heterocycles. The fraction of sp³-hybridized carbons (Fsp3) is 1.00. The van der Waals surface area contributed by atoms with Gasteiger partial charge in [-0.1, -0.05) is 258 Å². The van der Waals surface area contributed by atoms with E-state index < -0.39 is 0 Å². The van der Waals surface area contributed by atoms with Crippen LogP contribution >= 0.6 is 0 Å². The molecule has 0 unspecified atom stereocenters. The molecule has 55 heavy (non-hydrogen) atoms. The Hall–Kier alpha value is -0.120. The molecule has 0 bridgehead atoms. The van der Waals surface area contributed by atoms with Crippen LogP contribution in [0.3, 0.4) is 0 Å². The third kappa shape index (κ3) is 53.9. The maximum absolute atomic E-state index is 5.89. The molecule has 3 nitrogen and oxygen atoms in total. The Morgan fingerprint density at radius 1 is 0.200 bits per heavy atom. The first kappa shape index (κ1) is 54.9. The summed E-state index contributed by atoms with van der Waals surface area (Å²) in [6.45, 7) is 11.0. The van der Waals surface area contributed by atoms with E-state index in [-0.39, 0.29) is 0 Å². The van der Waals surface area contributed by atoms with Crippen LogP contribution in [0.15, 0.2) is 0 Å². The third-order valence-electron chi connectivity index (χ3n) is 12.1. The number of nitrogens with one attached hydrogen (secondary N) is 1. The lowest BCUT2D eigenvalue weighted by Crippen LogP contribution is -2.16. The molecule has 0 atom stereocenters. The number of ether oxygens (including phenoxy) is 2. The van der Waals surface area contributed by atoms with Crippen molar-refractivity contribution < 1.29 is 9.47 Å². The van der Waals surface area contributed by atoms with Crippen molar-refractivity contribution in [2.45, 2.75) is 296 Å². The zero-order chi connectivity index (χ0) is 39.5. The summed E-state index contributed by atoms with van der Waals surface area (Å²) in [7, 11) is 0. The van der Waals surface area contributed by atoms with Crippen LogP contribution in [0.1, 0.15) is 296 Å². The van der Waals surface area contributed by atoms with Gasteiger partial charge < -0.3 is 14.8 Å². The molecule has 0 aliphatic heterocycles. The molecule has 1 N–H and O–H groups in total. The van der Waals surface area contributed by atoms with Gasteiger partial charge in [0.2, 0.25) is 0 Å². The molecule has 0 fully saturated rings. The summed E-state index contributed by atoms with van der Waals surface area (Å²) in [4.78, 5) is 0. The molecule has 0 spiro atoms. The maximum atomic E-state index is 5.89. The van der Waals surface area contributed by atoms with Crippen LogP contribution < -0.4 is 5.32 Å². The molecule has 332 valence electrons. The van der Waals surface area contributed by atoms with Gasteiger partial charge in [-0.2, -0.15) is 0 Å². The van der Waals surface area contributed by atoms with E-state index in [9.17, 15) is 0 Å². The van der Waals surface area contributed by atoms with Crippen LogP contribution in [0.2, 0.25) is 0 Å². The Kier molecular flexibility index (Phi) is 53.8. The number of rotatable bonds is 52. The highest BCUT2D eigenvalue weighted by atomic mass is 16.5. The minimum absolute atomic E-state index is 0.990. The van der Waals surface area contributed by atoms with Gasteiger partial charge in [0.15, 0.2) is 0 Å². The maximum Gasteiger partial charge on any atom is 0.0466 e. The van der Waals surface area contributed by atoms with Gasteiger partial charge in [-0.15, -0.1) is 0 Å². The van der Waals surface area contributed by atoms with Crippen LogP contribution in [0, 0.1) is 0 Å². The van der Waals surface area contributed by atoms with Gasteiger partial charge in [0.25, 0.3) is 0 Å². The van der Waals surface area contributed by atoms with E-state index in [2.05, 4.69) is 19.2 Å². The Morgan fingerprint density at radius 3 is 0.564 bits per heavy atom. The second-order valence-electron chi connectivity index (χ2n) is 17.8. The molecule has 0 aromatic carbocycles. The molecule has 0 aromatic heterocycles. The van der Waals surface area contributed by atoms with Gasteiger partial charge in [-0.25, -0.2) is 0 Å². The summed E-state index contributed by atoms with van der Waals surface area (Å²) >= 11 is 0. The van der Waals surface area contributed by atoms with E-state index in [0.717, 1.165) is 26.4 Å². The van der Waals surface area contributed by atoms with Gasteiger partial charge in [0.05, 0.1) is 0 Å². The minimum atomic E-state index is 0.990. The summed E-state index contributed by atoms with van der Waals surface area (Å²) in [5.41, 5.74) is 0. The summed E-state index contributed by atoms with van der Waals surface area (Å²) in [6, 6.07) is 0. The fourth-order valence-corrected chi connectivity index (χ4v) is 8.16. The monoisotopic (exact) mass is 778 g/mol. The zero-order valence-electron chi connectivity index (χ0n) is 38.7. The van der Waals surface area contributed by atoms with Crippen molar-refractivity contribution in [1.29, 1.82) is 0 Å². The fourth-order valence-electron chi connectivity index (χ4n) is 8.16. The molecule has 0 radical (unpaired) electrons. The van der Waals surface area contributed by atoms with Gasteiger partial charge in [0, 0.05) is 26.4 Å². The molecule has 0 aliphatic rings. The van der Waals surface area contributed by atoms with Crippen molar-refractivity contribution in [2.24, 2.45) is 0 Å². The normalized spacial score (nSPS) is 11.7. The lowest BCUT2D eigenvalue weighted by Gasteiger charge is -2.06. The van der Waals surface area contributed by atoms with Gasteiger partial charge in [-0.3, -0.25) is 0 Å². The number of hydrogen-bond acceptors (Lipinski definition) is 3. The van der Waals surface area contributed by atoms with Gasteiger partial charge in [-0.05, 0) is 51.6 Å². The van der Waals surface area contributed by atoms with Gasteiger partial charge in [0.1, 0.15) is 0 Å².